The van der Waals surface area contributed by atoms with Crippen LogP contribution in [0.15, 0.2) is 53.6 Å². The molecule has 4 aromatic rings. The number of nitrogens with one attached hydrogen (secondary N) is 1. The number of aromatic amines is 1. The second-order valence-corrected chi connectivity index (χ2v) is 13.2. The summed E-state index contributed by atoms with van der Waals surface area (Å²) in [4.78, 5) is 11.7. The second kappa shape index (κ2) is 10.8. The van der Waals surface area contributed by atoms with Crippen LogP contribution in [0.5, 0.6) is 5.75 Å². The number of hydrogen-bond donors (Lipinski definition) is 1. The van der Waals surface area contributed by atoms with Gasteiger partial charge in [-0.05, 0) is 106 Å². The summed E-state index contributed by atoms with van der Waals surface area (Å²) in [5.41, 5.74) is 5.21. The van der Waals surface area contributed by atoms with Crippen molar-refractivity contribution >= 4 is 32.7 Å². The van der Waals surface area contributed by atoms with Gasteiger partial charge in [0.1, 0.15) is 11.4 Å². The smallest absolute Gasteiger partial charge is 0.143 e. The first-order valence-corrected chi connectivity index (χ1v) is 15.5. The van der Waals surface area contributed by atoms with Crippen LogP contribution in [0.3, 0.4) is 0 Å². The molecule has 2 unspecified atom stereocenters. The molecule has 1 N–H and O–H groups in total. The lowest BCUT2D eigenvalue weighted by molar-refractivity contribution is 0.104. The molecule has 0 radical (unpaired) electrons. The van der Waals surface area contributed by atoms with Crippen molar-refractivity contribution in [2.75, 3.05) is 26.7 Å². The standard InChI is InChI=1S/C32H39N3O2S/c1-4-15-35(3)19-24(22-7-5-8-22)20-37-29-14-13-27(23-9-6-10-26(17-23)38(36)25-11-12-25)30-28-16-21(2)18-33-32(28)34-31(29)30/h6,9-10,13-14,16-18,22,24-25H,4-5,7-8,11-12,15,19-20H2,1-3H3,(H,33,34). The molecular weight excluding hydrogens is 490 g/mol. The van der Waals surface area contributed by atoms with Gasteiger partial charge in [0.2, 0.25) is 0 Å². The zero-order valence-corrected chi connectivity index (χ0v) is 23.7. The Hall–Kier alpha value is -2.70. The first-order chi connectivity index (χ1) is 18.5. The van der Waals surface area contributed by atoms with Crippen LogP contribution >= 0.6 is 0 Å². The number of H-pyrrole nitrogens is 1. The van der Waals surface area contributed by atoms with Gasteiger partial charge in [0.05, 0.1) is 22.9 Å². The SMILES string of the molecule is CCCN(C)CC(COc1ccc(-c2cccc(S(=O)C3CC3)c2)c2c1[nH]c1ncc(C)cc12)C1CCC1. The summed E-state index contributed by atoms with van der Waals surface area (Å²) in [6.07, 6.45) is 9.19. The van der Waals surface area contributed by atoms with Crippen LogP contribution in [0, 0.1) is 18.8 Å². The molecule has 2 fully saturated rings. The second-order valence-electron chi connectivity index (χ2n) is 11.4. The lowest BCUT2D eigenvalue weighted by Gasteiger charge is -2.36. The summed E-state index contributed by atoms with van der Waals surface area (Å²) in [5.74, 6) is 2.18. The minimum Gasteiger partial charge on any atom is -0.491 e. The number of aryl methyl sites for hydroxylation is 1. The summed E-state index contributed by atoms with van der Waals surface area (Å²) in [5, 5.41) is 2.56. The topological polar surface area (TPSA) is 58.2 Å². The van der Waals surface area contributed by atoms with Crippen molar-refractivity contribution in [2.45, 2.75) is 62.5 Å². The molecule has 2 aliphatic carbocycles. The molecule has 6 heteroatoms. The summed E-state index contributed by atoms with van der Waals surface area (Å²) < 4.78 is 19.6. The van der Waals surface area contributed by atoms with Crippen LogP contribution in [0.4, 0.5) is 0 Å². The zero-order valence-electron chi connectivity index (χ0n) is 22.8. The van der Waals surface area contributed by atoms with E-state index in [0.717, 1.165) is 87.7 Å². The van der Waals surface area contributed by atoms with E-state index in [-0.39, 0.29) is 0 Å². The molecule has 0 saturated heterocycles. The molecule has 0 spiro atoms. The molecule has 38 heavy (non-hydrogen) atoms. The molecule has 2 saturated carbocycles. The van der Waals surface area contributed by atoms with E-state index in [4.69, 9.17) is 9.72 Å². The van der Waals surface area contributed by atoms with Crippen LogP contribution < -0.4 is 4.74 Å². The van der Waals surface area contributed by atoms with Gasteiger partial charge in [-0.3, -0.25) is 4.21 Å². The molecule has 0 aliphatic heterocycles. The van der Waals surface area contributed by atoms with Gasteiger partial charge in [0.15, 0.2) is 0 Å². The van der Waals surface area contributed by atoms with Crippen LogP contribution in [-0.2, 0) is 10.8 Å². The van der Waals surface area contributed by atoms with Gasteiger partial charge in [-0.25, -0.2) is 4.98 Å². The van der Waals surface area contributed by atoms with Crippen LogP contribution in [0.2, 0.25) is 0 Å². The third-order valence-corrected chi connectivity index (χ3v) is 10.1. The summed E-state index contributed by atoms with van der Waals surface area (Å²) in [6.45, 7) is 7.26. The summed E-state index contributed by atoms with van der Waals surface area (Å²) in [7, 11) is 1.30. The monoisotopic (exact) mass is 529 g/mol. The zero-order chi connectivity index (χ0) is 26.2. The number of pyridine rings is 1. The predicted molar refractivity (Wildman–Crippen MR) is 157 cm³/mol. The van der Waals surface area contributed by atoms with E-state index < -0.39 is 10.8 Å². The predicted octanol–water partition coefficient (Wildman–Crippen LogP) is 7.10. The first kappa shape index (κ1) is 25.6. The van der Waals surface area contributed by atoms with Crippen molar-refractivity contribution < 1.29 is 8.95 Å². The van der Waals surface area contributed by atoms with Crippen molar-refractivity contribution in [3.05, 3.63) is 54.2 Å². The molecule has 2 aromatic carbocycles. The van der Waals surface area contributed by atoms with Crippen molar-refractivity contribution in [3.8, 4) is 16.9 Å². The molecule has 0 bridgehead atoms. The minimum atomic E-state index is -0.931. The number of hydrogen-bond acceptors (Lipinski definition) is 4. The highest BCUT2D eigenvalue weighted by Crippen LogP contribution is 2.41. The Labute approximate surface area is 228 Å². The molecule has 2 aromatic heterocycles. The molecule has 2 heterocycles. The van der Waals surface area contributed by atoms with E-state index in [9.17, 15) is 4.21 Å². The lowest BCUT2D eigenvalue weighted by atomic mass is 9.76. The molecule has 0 amide bonds. The number of nitrogens with zero attached hydrogens (tertiary/aromatic N) is 2. The van der Waals surface area contributed by atoms with Gasteiger partial charge < -0.3 is 14.6 Å². The lowest BCUT2D eigenvalue weighted by Crippen LogP contribution is -2.37. The van der Waals surface area contributed by atoms with Gasteiger partial charge in [-0.1, -0.05) is 25.5 Å². The first-order valence-electron chi connectivity index (χ1n) is 14.2. The third kappa shape index (κ3) is 5.13. The highest BCUT2D eigenvalue weighted by molar-refractivity contribution is 7.86. The Morgan fingerprint density at radius 2 is 2.00 bits per heavy atom. The van der Waals surface area contributed by atoms with Gasteiger partial charge >= 0.3 is 0 Å². The minimum absolute atomic E-state index is 0.320. The summed E-state index contributed by atoms with van der Waals surface area (Å²) in [6, 6.07) is 14.8. The van der Waals surface area contributed by atoms with E-state index in [1.165, 1.54) is 25.7 Å². The van der Waals surface area contributed by atoms with Gasteiger partial charge in [-0.2, -0.15) is 0 Å². The Bertz CT molecular complexity index is 1470. The highest BCUT2D eigenvalue weighted by Gasteiger charge is 2.30. The van der Waals surface area contributed by atoms with Crippen LogP contribution in [0.25, 0.3) is 33.1 Å². The van der Waals surface area contributed by atoms with Crippen molar-refractivity contribution in [2.24, 2.45) is 11.8 Å². The number of ether oxygens (including phenoxy) is 1. The van der Waals surface area contributed by atoms with Crippen molar-refractivity contribution in [1.29, 1.82) is 0 Å². The highest BCUT2D eigenvalue weighted by atomic mass is 32.2. The quantitative estimate of drug-likeness (QED) is 0.225. The Balaban J connectivity index is 1.38. The maximum atomic E-state index is 12.9. The van der Waals surface area contributed by atoms with Crippen LogP contribution in [-0.4, -0.2) is 51.1 Å². The number of fused-ring (bicyclic) bond motifs is 3. The summed E-state index contributed by atoms with van der Waals surface area (Å²) >= 11 is 0. The number of aromatic nitrogens is 2. The molecule has 200 valence electrons. The van der Waals surface area contributed by atoms with Gasteiger partial charge in [0, 0.05) is 39.6 Å². The van der Waals surface area contributed by atoms with E-state index in [0.29, 0.717) is 11.2 Å². The maximum absolute atomic E-state index is 12.9. The molecule has 2 atom stereocenters. The van der Waals surface area contributed by atoms with Crippen molar-refractivity contribution in [3.63, 3.8) is 0 Å². The third-order valence-electron chi connectivity index (χ3n) is 8.33. The van der Waals surface area contributed by atoms with Crippen molar-refractivity contribution in [1.82, 2.24) is 14.9 Å². The molecule has 6 rings (SSSR count). The molecule has 5 nitrogen and oxygen atoms in total. The fourth-order valence-corrected chi connectivity index (χ4v) is 7.31. The van der Waals surface area contributed by atoms with E-state index in [1.54, 1.807) is 0 Å². The fraction of sp³-hybridized carbons (Fsp3) is 0.469. The van der Waals surface area contributed by atoms with Crippen LogP contribution in [0.1, 0.15) is 51.0 Å². The number of rotatable bonds is 11. The molecular formula is C32H39N3O2S. The van der Waals surface area contributed by atoms with E-state index in [1.807, 2.05) is 18.3 Å². The largest absolute Gasteiger partial charge is 0.491 e. The Morgan fingerprint density at radius 3 is 2.74 bits per heavy atom. The fourth-order valence-electron chi connectivity index (χ4n) is 5.91. The average Bonchev–Trinajstić information content (AvgIpc) is 3.66. The van der Waals surface area contributed by atoms with Gasteiger partial charge in [-0.15, -0.1) is 0 Å². The Morgan fingerprint density at radius 1 is 1.16 bits per heavy atom. The number of benzene rings is 2. The molecule has 2 aliphatic rings. The maximum Gasteiger partial charge on any atom is 0.143 e. The normalized spacial score (nSPS) is 17.7. The Kier molecular flexibility index (Phi) is 7.28. The van der Waals surface area contributed by atoms with E-state index >= 15 is 0 Å². The van der Waals surface area contributed by atoms with E-state index in [2.05, 4.69) is 61.1 Å². The van der Waals surface area contributed by atoms with Gasteiger partial charge in [0.25, 0.3) is 0 Å². The average molecular weight is 530 g/mol.